The lowest BCUT2D eigenvalue weighted by atomic mass is 9.70. The molecule has 1 heteroatoms. The summed E-state index contributed by atoms with van der Waals surface area (Å²) in [6, 6.07) is 53.5. The van der Waals surface area contributed by atoms with E-state index in [1.54, 1.807) is 0 Å². The van der Waals surface area contributed by atoms with E-state index in [2.05, 4.69) is 140 Å². The highest BCUT2D eigenvalue weighted by molar-refractivity contribution is 6.06. The molecule has 10 rings (SSSR count). The highest BCUT2D eigenvalue weighted by Gasteiger charge is 2.51. The van der Waals surface area contributed by atoms with Crippen LogP contribution in [0.4, 0.5) is 0 Å². The Morgan fingerprint density at radius 1 is 0.357 bits per heavy atom. The Balaban J connectivity index is 1.25. The zero-order chi connectivity index (χ0) is 27.4. The molecule has 0 saturated heterocycles. The maximum atomic E-state index is 6.54. The Bertz CT molecular complexity index is 2230. The molecule has 3 aliphatic rings. The smallest absolute Gasteiger partial charge is 0.136 e. The molecule has 0 amide bonds. The highest BCUT2D eigenvalue weighted by Crippen LogP contribution is 2.63. The standard InChI is InChI=1S/C41H24O/c1-5-16-34-28(11-1)29-12-2-6-17-35(29)41(34)36-18-7-3-13-30(36)31-21-20-25(23-37(31)41)27-22-26-10-9-15-33-32-14-4-8-19-38(32)42-39(24-27)40(26)33/h1-24H. The Labute approximate surface area is 244 Å². The van der Waals surface area contributed by atoms with Crippen LogP contribution in [0.5, 0.6) is 11.5 Å². The summed E-state index contributed by atoms with van der Waals surface area (Å²) >= 11 is 0. The van der Waals surface area contributed by atoms with Gasteiger partial charge < -0.3 is 4.74 Å². The van der Waals surface area contributed by atoms with Crippen LogP contribution in [-0.4, -0.2) is 0 Å². The van der Waals surface area contributed by atoms with Gasteiger partial charge in [0.15, 0.2) is 0 Å². The van der Waals surface area contributed by atoms with E-state index in [1.165, 1.54) is 72.0 Å². The van der Waals surface area contributed by atoms with Gasteiger partial charge in [0.05, 0.1) is 5.41 Å². The lowest BCUT2D eigenvalue weighted by molar-refractivity contribution is 0.487. The topological polar surface area (TPSA) is 9.23 Å². The van der Waals surface area contributed by atoms with Crippen molar-refractivity contribution in [3.05, 3.63) is 168 Å². The molecular weight excluding hydrogens is 508 g/mol. The van der Waals surface area contributed by atoms with Gasteiger partial charge in [-0.25, -0.2) is 0 Å². The second-order valence-corrected chi connectivity index (χ2v) is 11.6. The van der Waals surface area contributed by atoms with Gasteiger partial charge in [-0.3, -0.25) is 0 Å². The summed E-state index contributed by atoms with van der Waals surface area (Å²) < 4.78 is 6.54. The molecule has 7 aromatic rings. The molecule has 7 aromatic carbocycles. The van der Waals surface area contributed by atoms with E-state index in [0.29, 0.717) is 0 Å². The molecule has 194 valence electrons. The van der Waals surface area contributed by atoms with E-state index in [4.69, 9.17) is 4.74 Å². The summed E-state index contributed by atoms with van der Waals surface area (Å²) in [4.78, 5) is 0. The normalized spacial score (nSPS) is 14.1. The van der Waals surface area contributed by atoms with Gasteiger partial charge in [0, 0.05) is 10.9 Å². The Morgan fingerprint density at radius 3 is 1.62 bits per heavy atom. The van der Waals surface area contributed by atoms with Crippen molar-refractivity contribution in [1.29, 1.82) is 0 Å². The van der Waals surface area contributed by atoms with Crippen LogP contribution in [-0.2, 0) is 5.41 Å². The SMILES string of the molecule is c1ccc2c(c1)Oc1cc(-c3ccc4c(c3)C3(c5ccccc5-c5ccccc53)c3ccccc3-4)cc3cccc-2c13. The molecule has 0 saturated carbocycles. The fourth-order valence-corrected chi connectivity index (χ4v) is 8.03. The number of fused-ring (bicyclic) bond motifs is 12. The van der Waals surface area contributed by atoms with Crippen LogP contribution in [0.25, 0.3) is 55.3 Å². The average molecular weight is 533 g/mol. The number of ether oxygens (including phenoxy) is 1. The summed E-state index contributed by atoms with van der Waals surface area (Å²) in [5.41, 5.74) is 15.2. The number of hydrogen-bond donors (Lipinski definition) is 0. The third kappa shape index (κ3) is 2.64. The van der Waals surface area contributed by atoms with Crippen molar-refractivity contribution in [2.75, 3.05) is 0 Å². The van der Waals surface area contributed by atoms with E-state index in [1.807, 2.05) is 6.07 Å². The lowest BCUT2D eigenvalue weighted by Crippen LogP contribution is -2.25. The van der Waals surface area contributed by atoms with E-state index < -0.39 is 0 Å². The van der Waals surface area contributed by atoms with Gasteiger partial charge in [-0.1, -0.05) is 121 Å². The van der Waals surface area contributed by atoms with E-state index >= 15 is 0 Å². The van der Waals surface area contributed by atoms with Crippen molar-refractivity contribution in [2.45, 2.75) is 5.41 Å². The Hall–Kier alpha value is -5.40. The predicted molar refractivity (Wildman–Crippen MR) is 171 cm³/mol. The number of benzene rings is 7. The molecule has 0 bridgehead atoms. The fourth-order valence-electron chi connectivity index (χ4n) is 8.03. The summed E-state index contributed by atoms with van der Waals surface area (Å²) in [7, 11) is 0. The first-order valence-electron chi connectivity index (χ1n) is 14.6. The van der Waals surface area contributed by atoms with Crippen molar-refractivity contribution < 1.29 is 4.74 Å². The minimum atomic E-state index is -0.344. The third-order valence-corrected chi connectivity index (χ3v) is 9.67. The van der Waals surface area contributed by atoms with Gasteiger partial charge in [-0.2, -0.15) is 0 Å². The monoisotopic (exact) mass is 532 g/mol. The van der Waals surface area contributed by atoms with Crippen LogP contribution < -0.4 is 4.74 Å². The van der Waals surface area contributed by atoms with Gasteiger partial charge in [0.1, 0.15) is 11.5 Å². The minimum Gasteiger partial charge on any atom is -0.456 e. The summed E-state index contributed by atoms with van der Waals surface area (Å²) in [5, 5.41) is 2.38. The largest absolute Gasteiger partial charge is 0.456 e. The van der Waals surface area contributed by atoms with Crippen molar-refractivity contribution in [3.8, 4) is 56.0 Å². The van der Waals surface area contributed by atoms with Crippen molar-refractivity contribution in [2.24, 2.45) is 0 Å². The van der Waals surface area contributed by atoms with Crippen LogP contribution in [0.2, 0.25) is 0 Å². The molecule has 1 aliphatic heterocycles. The first kappa shape index (κ1) is 22.3. The molecule has 0 aromatic heterocycles. The van der Waals surface area contributed by atoms with Gasteiger partial charge in [0.25, 0.3) is 0 Å². The summed E-state index contributed by atoms with van der Waals surface area (Å²) in [6.07, 6.45) is 0. The minimum absolute atomic E-state index is 0.344. The third-order valence-electron chi connectivity index (χ3n) is 9.67. The van der Waals surface area contributed by atoms with Gasteiger partial charge in [-0.05, 0) is 90.8 Å². The van der Waals surface area contributed by atoms with Crippen molar-refractivity contribution in [3.63, 3.8) is 0 Å². The number of rotatable bonds is 1. The quantitative estimate of drug-likeness (QED) is 0.204. The summed E-state index contributed by atoms with van der Waals surface area (Å²) in [5.74, 6) is 1.84. The number of para-hydroxylation sites is 1. The van der Waals surface area contributed by atoms with E-state index in [9.17, 15) is 0 Å². The predicted octanol–water partition coefficient (Wildman–Crippen LogP) is 10.6. The van der Waals surface area contributed by atoms with Crippen LogP contribution >= 0.6 is 0 Å². The van der Waals surface area contributed by atoms with Crippen LogP contribution in [0, 0.1) is 0 Å². The Morgan fingerprint density at radius 2 is 0.929 bits per heavy atom. The van der Waals surface area contributed by atoms with Crippen molar-refractivity contribution in [1.82, 2.24) is 0 Å². The molecule has 42 heavy (non-hydrogen) atoms. The first-order valence-corrected chi connectivity index (χ1v) is 14.6. The number of hydrogen-bond acceptors (Lipinski definition) is 1. The molecule has 1 heterocycles. The molecule has 0 radical (unpaired) electrons. The molecule has 0 atom stereocenters. The molecule has 1 nitrogen and oxygen atoms in total. The molecule has 1 spiro atoms. The maximum absolute atomic E-state index is 6.54. The average Bonchev–Trinajstić information content (AvgIpc) is 3.52. The maximum Gasteiger partial charge on any atom is 0.136 e. The van der Waals surface area contributed by atoms with E-state index in [-0.39, 0.29) is 5.41 Å². The second kappa shape index (κ2) is 7.87. The zero-order valence-electron chi connectivity index (χ0n) is 22.8. The molecule has 0 fully saturated rings. The van der Waals surface area contributed by atoms with Crippen molar-refractivity contribution >= 4 is 10.8 Å². The lowest BCUT2D eigenvalue weighted by Gasteiger charge is -2.30. The molecule has 0 N–H and O–H groups in total. The van der Waals surface area contributed by atoms with Crippen LogP contribution in [0.1, 0.15) is 22.3 Å². The van der Waals surface area contributed by atoms with Gasteiger partial charge in [-0.15, -0.1) is 0 Å². The molecular formula is C41H24O. The second-order valence-electron chi connectivity index (χ2n) is 11.6. The van der Waals surface area contributed by atoms with Crippen LogP contribution in [0.15, 0.2) is 146 Å². The molecule has 2 aliphatic carbocycles. The Kier molecular flexibility index (Phi) is 4.18. The fraction of sp³-hybridized carbons (Fsp3) is 0.0244. The van der Waals surface area contributed by atoms with E-state index in [0.717, 1.165) is 17.1 Å². The zero-order valence-corrected chi connectivity index (χ0v) is 22.8. The highest BCUT2D eigenvalue weighted by atomic mass is 16.5. The molecule has 0 unspecified atom stereocenters. The van der Waals surface area contributed by atoms with Crippen LogP contribution in [0.3, 0.4) is 0 Å². The first-order chi connectivity index (χ1) is 20.8. The van der Waals surface area contributed by atoms with Gasteiger partial charge in [0.2, 0.25) is 0 Å². The van der Waals surface area contributed by atoms with Gasteiger partial charge >= 0.3 is 0 Å². The summed E-state index contributed by atoms with van der Waals surface area (Å²) in [6.45, 7) is 0.